The Hall–Kier alpha value is -2.21. The minimum atomic E-state index is -0.402. The van der Waals surface area contributed by atoms with Crippen molar-refractivity contribution < 1.29 is 9.72 Å². The lowest BCUT2D eigenvalue weighted by Crippen LogP contribution is -2.54. The van der Waals surface area contributed by atoms with Gasteiger partial charge in [0.2, 0.25) is 5.91 Å². The summed E-state index contributed by atoms with van der Waals surface area (Å²) in [5.41, 5.74) is 2.00. The summed E-state index contributed by atoms with van der Waals surface area (Å²) < 4.78 is 0. The zero-order chi connectivity index (χ0) is 22.2. The number of benzene rings is 1. The van der Waals surface area contributed by atoms with E-state index in [1.807, 2.05) is 11.8 Å². The quantitative estimate of drug-likeness (QED) is 0.139. The fourth-order valence-electron chi connectivity index (χ4n) is 3.76. The molecule has 2 aliphatic heterocycles. The van der Waals surface area contributed by atoms with Crippen LogP contribution >= 0.6 is 24.0 Å². The number of guanidine groups is 1. The van der Waals surface area contributed by atoms with Crippen LogP contribution in [-0.2, 0) is 11.3 Å². The Morgan fingerprint density at radius 1 is 1.09 bits per heavy atom. The van der Waals surface area contributed by atoms with Crippen LogP contribution in [0.25, 0.3) is 0 Å². The van der Waals surface area contributed by atoms with Gasteiger partial charge >= 0.3 is 0 Å². The van der Waals surface area contributed by atoms with Crippen LogP contribution in [0.3, 0.4) is 0 Å². The number of non-ortho nitro benzene ring substituents is 1. The normalized spacial score (nSPS) is 17.1. The van der Waals surface area contributed by atoms with Crippen molar-refractivity contribution in [2.75, 3.05) is 52.4 Å². The average molecular weight is 556 g/mol. The number of hydrogen-bond acceptors (Lipinski definition) is 5. The molecule has 0 bridgehead atoms. The number of halogens is 1. The third-order valence-corrected chi connectivity index (χ3v) is 5.60. The van der Waals surface area contributed by atoms with E-state index in [0.717, 1.165) is 69.2 Å². The first-order chi connectivity index (χ1) is 14.9. The molecule has 1 amide bonds. The van der Waals surface area contributed by atoms with E-state index >= 15 is 0 Å². The van der Waals surface area contributed by atoms with Gasteiger partial charge in [0.15, 0.2) is 5.96 Å². The lowest BCUT2D eigenvalue weighted by atomic mass is 10.2. The lowest BCUT2D eigenvalue weighted by molar-refractivity contribution is -0.384. The summed E-state index contributed by atoms with van der Waals surface area (Å²) in [6.45, 7) is 12.4. The average Bonchev–Trinajstić information content (AvgIpc) is 3.30. The molecule has 2 fully saturated rings. The Morgan fingerprint density at radius 2 is 1.72 bits per heavy atom. The van der Waals surface area contributed by atoms with E-state index in [4.69, 9.17) is 4.99 Å². The Bertz CT molecular complexity index is 815. The molecule has 9 nitrogen and oxygen atoms in total. The van der Waals surface area contributed by atoms with Crippen molar-refractivity contribution in [3.05, 3.63) is 52.1 Å². The van der Waals surface area contributed by atoms with Crippen LogP contribution in [0.15, 0.2) is 41.4 Å². The first-order valence-electron chi connectivity index (χ1n) is 10.8. The summed E-state index contributed by atoms with van der Waals surface area (Å²) >= 11 is 0. The Morgan fingerprint density at radius 3 is 2.28 bits per heavy atom. The Balaban J connectivity index is 0.00000363. The number of rotatable bonds is 7. The first kappa shape index (κ1) is 26.0. The van der Waals surface area contributed by atoms with E-state index in [-0.39, 0.29) is 35.6 Å². The largest absolute Gasteiger partial charge is 0.353 e. The summed E-state index contributed by atoms with van der Waals surface area (Å²) in [7, 11) is 0. The molecule has 3 rings (SSSR count). The fourth-order valence-corrected chi connectivity index (χ4v) is 3.76. The highest BCUT2D eigenvalue weighted by atomic mass is 127. The summed E-state index contributed by atoms with van der Waals surface area (Å²) in [4.78, 5) is 34.0. The van der Waals surface area contributed by atoms with Crippen LogP contribution in [0.4, 0.5) is 5.69 Å². The number of carbonyl (C=O) groups excluding carboxylic acids is 1. The number of nitro groups is 1. The van der Waals surface area contributed by atoms with Crippen molar-refractivity contribution in [1.29, 1.82) is 0 Å². The molecule has 1 aromatic rings. The second-order valence-electron chi connectivity index (χ2n) is 8.23. The number of nitro benzene ring substituents is 1. The third-order valence-electron chi connectivity index (χ3n) is 5.60. The van der Waals surface area contributed by atoms with Crippen molar-refractivity contribution in [3.8, 4) is 0 Å². The van der Waals surface area contributed by atoms with Gasteiger partial charge in [-0.25, -0.2) is 4.99 Å². The van der Waals surface area contributed by atoms with Gasteiger partial charge in [0.05, 0.1) is 18.0 Å². The number of nitrogens with one attached hydrogen (secondary N) is 1. The molecule has 0 saturated carbocycles. The summed E-state index contributed by atoms with van der Waals surface area (Å²) in [6, 6.07) is 6.48. The molecular formula is C22H33IN6O3. The maximum absolute atomic E-state index is 12.4. The van der Waals surface area contributed by atoms with Crippen LogP contribution in [0.5, 0.6) is 0 Å². The topological polar surface area (TPSA) is 94.3 Å². The Kier molecular flexibility index (Phi) is 10.4. The molecule has 0 aliphatic carbocycles. The van der Waals surface area contributed by atoms with Crippen molar-refractivity contribution in [1.82, 2.24) is 20.0 Å². The summed E-state index contributed by atoms with van der Waals surface area (Å²) in [5, 5.41) is 14.2. The van der Waals surface area contributed by atoms with E-state index in [1.54, 1.807) is 12.1 Å². The van der Waals surface area contributed by atoms with Gasteiger partial charge in [-0.15, -0.1) is 24.0 Å². The van der Waals surface area contributed by atoms with E-state index in [9.17, 15) is 14.9 Å². The van der Waals surface area contributed by atoms with E-state index in [2.05, 4.69) is 21.7 Å². The molecule has 176 valence electrons. The molecule has 1 N–H and O–H groups in total. The van der Waals surface area contributed by atoms with Crippen molar-refractivity contribution in [2.24, 2.45) is 4.99 Å². The second kappa shape index (κ2) is 12.7. The smallest absolute Gasteiger partial charge is 0.269 e. The van der Waals surface area contributed by atoms with E-state index < -0.39 is 4.92 Å². The molecule has 0 aromatic heterocycles. The predicted molar refractivity (Wildman–Crippen MR) is 136 cm³/mol. The number of amides is 1. The zero-order valence-corrected chi connectivity index (χ0v) is 21.0. The summed E-state index contributed by atoms with van der Waals surface area (Å²) in [6.07, 6.45) is 2.23. The van der Waals surface area contributed by atoms with Crippen LogP contribution in [0.1, 0.15) is 25.3 Å². The predicted octanol–water partition coefficient (Wildman–Crippen LogP) is 2.47. The third kappa shape index (κ3) is 7.73. The molecular weight excluding hydrogens is 523 g/mol. The molecule has 10 heteroatoms. The van der Waals surface area contributed by atoms with Gasteiger partial charge in [-0.2, -0.15) is 0 Å². The van der Waals surface area contributed by atoms with Gasteiger partial charge in [-0.3, -0.25) is 19.8 Å². The zero-order valence-electron chi connectivity index (χ0n) is 18.7. The van der Waals surface area contributed by atoms with E-state index in [0.29, 0.717) is 19.6 Å². The fraction of sp³-hybridized carbons (Fsp3) is 0.545. The second-order valence-corrected chi connectivity index (χ2v) is 8.23. The minimum absolute atomic E-state index is 0. The molecule has 0 atom stereocenters. The number of carbonyl (C=O) groups is 1. The Labute approximate surface area is 206 Å². The van der Waals surface area contributed by atoms with E-state index in [1.165, 1.54) is 12.1 Å². The number of piperazine rings is 1. The molecule has 32 heavy (non-hydrogen) atoms. The van der Waals surface area contributed by atoms with Crippen LogP contribution in [0.2, 0.25) is 0 Å². The highest BCUT2D eigenvalue weighted by Crippen LogP contribution is 2.13. The lowest BCUT2D eigenvalue weighted by Gasteiger charge is -2.36. The van der Waals surface area contributed by atoms with Gasteiger partial charge < -0.3 is 15.1 Å². The maximum atomic E-state index is 12.4. The minimum Gasteiger partial charge on any atom is -0.353 e. The SMILES string of the molecule is C=C(C)CNC(=NCc1ccc([N+](=O)[O-])cc1)N1CCN(CC(=O)N2CCCC2)CC1.I. The highest BCUT2D eigenvalue weighted by molar-refractivity contribution is 14.0. The maximum Gasteiger partial charge on any atom is 0.269 e. The number of hydrogen-bond donors (Lipinski definition) is 1. The monoisotopic (exact) mass is 556 g/mol. The van der Waals surface area contributed by atoms with Crippen molar-refractivity contribution in [2.45, 2.75) is 26.3 Å². The standard InChI is InChI=1S/C22H32N6O3.HI/c1-18(2)15-23-22(24-16-19-5-7-20(8-6-19)28(30)31)27-13-11-25(12-14-27)17-21(29)26-9-3-4-10-26;/h5-8H,1,3-4,9-17H2,2H3,(H,23,24);1H. The molecule has 0 unspecified atom stereocenters. The molecule has 2 aliphatic rings. The summed E-state index contributed by atoms with van der Waals surface area (Å²) in [5.74, 6) is 1.03. The van der Waals surface area contributed by atoms with Crippen LogP contribution in [0, 0.1) is 10.1 Å². The molecule has 2 saturated heterocycles. The number of aliphatic imine (C=N–C) groups is 1. The van der Waals surface area contributed by atoms with Crippen molar-refractivity contribution in [3.63, 3.8) is 0 Å². The van der Waals surface area contributed by atoms with Crippen molar-refractivity contribution >= 4 is 41.5 Å². The van der Waals surface area contributed by atoms with Gasteiger partial charge in [-0.05, 0) is 25.3 Å². The van der Waals surface area contributed by atoms with Crippen LogP contribution < -0.4 is 5.32 Å². The van der Waals surface area contributed by atoms with Crippen LogP contribution in [-0.4, -0.2) is 83.8 Å². The van der Waals surface area contributed by atoms with Gasteiger partial charge in [0, 0.05) is 57.9 Å². The number of likely N-dealkylation sites (tertiary alicyclic amines) is 1. The number of nitrogens with zero attached hydrogens (tertiary/aromatic N) is 5. The van der Waals surface area contributed by atoms with Gasteiger partial charge in [-0.1, -0.05) is 24.3 Å². The molecule has 0 radical (unpaired) electrons. The van der Waals surface area contributed by atoms with Gasteiger partial charge in [0.1, 0.15) is 0 Å². The molecule has 2 heterocycles. The molecule has 0 spiro atoms. The van der Waals surface area contributed by atoms with Gasteiger partial charge in [0.25, 0.3) is 5.69 Å². The first-order valence-corrected chi connectivity index (χ1v) is 10.8. The molecule has 1 aromatic carbocycles. The highest BCUT2D eigenvalue weighted by Gasteiger charge is 2.24.